The molecular formula is C23H24ClN5O2. The van der Waals surface area contributed by atoms with Crippen molar-refractivity contribution in [1.29, 1.82) is 0 Å². The van der Waals surface area contributed by atoms with Gasteiger partial charge in [0, 0.05) is 53.9 Å². The largest absolute Gasteiger partial charge is 0.496 e. The van der Waals surface area contributed by atoms with Gasteiger partial charge in [0.25, 0.3) is 0 Å². The van der Waals surface area contributed by atoms with Gasteiger partial charge in [0.2, 0.25) is 5.95 Å². The number of ether oxygens (including phenoxy) is 1. The molecule has 3 heterocycles. The van der Waals surface area contributed by atoms with Crippen LogP contribution in [0, 0.1) is 0 Å². The molecule has 1 fully saturated rings. The van der Waals surface area contributed by atoms with Crippen LogP contribution < -0.4 is 10.1 Å². The second-order valence-corrected chi connectivity index (χ2v) is 7.91. The predicted molar refractivity (Wildman–Crippen MR) is 121 cm³/mol. The van der Waals surface area contributed by atoms with Gasteiger partial charge in [-0.3, -0.25) is 14.7 Å². The van der Waals surface area contributed by atoms with Crippen LogP contribution in [-0.4, -0.2) is 58.4 Å². The molecule has 0 unspecified atom stereocenters. The number of halogens is 1. The quantitative estimate of drug-likeness (QED) is 0.560. The lowest BCUT2D eigenvalue weighted by molar-refractivity contribution is 0.0911. The highest BCUT2D eigenvalue weighted by molar-refractivity contribution is 6.31. The summed E-state index contributed by atoms with van der Waals surface area (Å²) in [6.45, 7) is 2.09. The molecule has 0 saturated carbocycles. The smallest absolute Gasteiger partial charge is 0.223 e. The summed E-state index contributed by atoms with van der Waals surface area (Å²) in [5, 5.41) is 4.05. The van der Waals surface area contributed by atoms with E-state index >= 15 is 0 Å². The second kappa shape index (κ2) is 9.85. The lowest BCUT2D eigenvalue weighted by atomic mass is 10.0. The van der Waals surface area contributed by atoms with Crippen LogP contribution in [0.25, 0.3) is 11.3 Å². The highest BCUT2D eigenvalue weighted by atomic mass is 35.5. The van der Waals surface area contributed by atoms with Crippen molar-refractivity contribution in [2.24, 2.45) is 0 Å². The normalized spacial score (nSPS) is 14.9. The Balaban J connectivity index is 1.36. The van der Waals surface area contributed by atoms with Gasteiger partial charge in [0.05, 0.1) is 19.3 Å². The summed E-state index contributed by atoms with van der Waals surface area (Å²) in [6, 6.07) is 11.1. The molecule has 7 nitrogen and oxygen atoms in total. The molecule has 1 saturated heterocycles. The average molecular weight is 438 g/mol. The average Bonchev–Trinajstić information content (AvgIpc) is 2.81. The van der Waals surface area contributed by atoms with Crippen LogP contribution in [-0.2, 0) is 0 Å². The van der Waals surface area contributed by atoms with E-state index in [1.807, 2.05) is 24.3 Å². The molecule has 0 spiro atoms. The number of ketones is 1. The van der Waals surface area contributed by atoms with E-state index in [0.717, 1.165) is 37.2 Å². The number of Topliss-reactive ketones (excluding diaryl/α,β-unsaturated/α-hetero) is 1. The number of anilines is 1. The molecule has 1 aliphatic rings. The number of aromatic nitrogens is 3. The Morgan fingerprint density at radius 2 is 2.06 bits per heavy atom. The van der Waals surface area contributed by atoms with Crippen molar-refractivity contribution in [3.8, 4) is 17.0 Å². The van der Waals surface area contributed by atoms with Gasteiger partial charge in [-0.15, -0.1) is 0 Å². The number of carbonyl (C=O) groups excluding carboxylic acids is 1. The fourth-order valence-corrected chi connectivity index (χ4v) is 3.87. The number of carbonyl (C=O) groups is 1. The topological polar surface area (TPSA) is 80.2 Å². The molecular weight excluding hydrogens is 414 g/mol. The second-order valence-electron chi connectivity index (χ2n) is 7.47. The highest BCUT2D eigenvalue weighted by Gasteiger charge is 2.22. The Labute approximate surface area is 186 Å². The van der Waals surface area contributed by atoms with E-state index in [9.17, 15) is 4.79 Å². The third kappa shape index (κ3) is 5.37. The molecule has 0 aliphatic carbocycles. The number of piperidine rings is 1. The van der Waals surface area contributed by atoms with Gasteiger partial charge in [-0.25, -0.2) is 9.97 Å². The zero-order valence-corrected chi connectivity index (χ0v) is 18.0. The van der Waals surface area contributed by atoms with Crippen molar-refractivity contribution in [3.05, 3.63) is 65.6 Å². The van der Waals surface area contributed by atoms with Crippen LogP contribution in [0.3, 0.4) is 0 Å². The Bertz CT molecular complexity index is 1040. The number of likely N-dealkylation sites (tertiary alicyclic amines) is 1. The zero-order chi connectivity index (χ0) is 21.6. The van der Waals surface area contributed by atoms with Gasteiger partial charge in [0.15, 0.2) is 5.78 Å². The maximum Gasteiger partial charge on any atom is 0.223 e. The van der Waals surface area contributed by atoms with E-state index in [2.05, 4.69) is 25.2 Å². The predicted octanol–water partition coefficient (Wildman–Crippen LogP) is 3.96. The summed E-state index contributed by atoms with van der Waals surface area (Å²) < 4.78 is 5.44. The van der Waals surface area contributed by atoms with Gasteiger partial charge in [-0.2, -0.15) is 0 Å². The van der Waals surface area contributed by atoms with E-state index in [1.54, 1.807) is 37.8 Å². The zero-order valence-electron chi connectivity index (χ0n) is 17.3. The Kier molecular flexibility index (Phi) is 6.74. The van der Waals surface area contributed by atoms with Gasteiger partial charge in [-0.05, 0) is 49.2 Å². The van der Waals surface area contributed by atoms with Crippen LogP contribution >= 0.6 is 11.6 Å². The minimum absolute atomic E-state index is 0.103. The summed E-state index contributed by atoms with van der Waals surface area (Å²) in [6.07, 6.45) is 6.85. The number of rotatable bonds is 7. The van der Waals surface area contributed by atoms with Crippen LogP contribution in [0.2, 0.25) is 5.02 Å². The third-order valence-corrected chi connectivity index (χ3v) is 5.60. The van der Waals surface area contributed by atoms with Crippen LogP contribution in [0.15, 0.2) is 55.0 Å². The third-order valence-electron chi connectivity index (χ3n) is 5.36. The molecule has 1 aromatic carbocycles. The monoisotopic (exact) mass is 437 g/mol. The number of methoxy groups -OCH3 is 1. The number of nitrogens with zero attached hydrogens (tertiary/aromatic N) is 4. The molecule has 0 atom stereocenters. The first-order valence-corrected chi connectivity index (χ1v) is 10.6. The van der Waals surface area contributed by atoms with Gasteiger partial charge < -0.3 is 10.1 Å². The molecule has 0 radical (unpaired) electrons. The minimum atomic E-state index is 0.103. The number of nitrogens with one attached hydrogen (secondary N) is 1. The Morgan fingerprint density at radius 3 is 2.81 bits per heavy atom. The van der Waals surface area contributed by atoms with Crippen molar-refractivity contribution in [3.63, 3.8) is 0 Å². The molecule has 160 valence electrons. The van der Waals surface area contributed by atoms with Crippen LogP contribution in [0.1, 0.15) is 23.2 Å². The molecule has 0 bridgehead atoms. The van der Waals surface area contributed by atoms with Crippen LogP contribution in [0.5, 0.6) is 5.75 Å². The summed E-state index contributed by atoms with van der Waals surface area (Å²) >= 11 is 6.16. The lowest BCUT2D eigenvalue weighted by Gasteiger charge is -2.31. The fourth-order valence-electron chi connectivity index (χ4n) is 3.70. The standard InChI is InChI=1S/C23H24ClN5O2/c1-31-22-5-4-17(24)13-19(22)20-6-10-26-23(28-20)27-18-7-11-29(12-8-18)15-21(30)16-3-2-9-25-14-16/h2-6,9-10,13-14,18H,7-8,11-12,15H2,1H3,(H,26,27,28). The summed E-state index contributed by atoms with van der Waals surface area (Å²) in [5.74, 6) is 1.39. The molecule has 2 aromatic heterocycles. The van der Waals surface area contributed by atoms with Crippen molar-refractivity contribution in [2.75, 3.05) is 32.1 Å². The Morgan fingerprint density at radius 1 is 1.23 bits per heavy atom. The van der Waals surface area contributed by atoms with Crippen molar-refractivity contribution in [2.45, 2.75) is 18.9 Å². The van der Waals surface area contributed by atoms with Crippen molar-refractivity contribution >= 4 is 23.3 Å². The van der Waals surface area contributed by atoms with Crippen molar-refractivity contribution < 1.29 is 9.53 Å². The first-order valence-electron chi connectivity index (χ1n) is 10.2. The first-order chi connectivity index (χ1) is 15.1. The lowest BCUT2D eigenvalue weighted by Crippen LogP contribution is -2.41. The first kappa shape index (κ1) is 21.2. The number of benzene rings is 1. The molecule has 0 amide bonds. The summed E-state index contributed by atoms with van der Waals surface area (Å²) in [7, 11) is 1.62. The van der Waals surface area contributed by atoms with E-state index in [-0.39, 0.29) is 11.8 Å². The van der Waals surface area contributed by atoms with E-state index < -0.39 is 0 Å². The molecule has 1 aliphatic heterocycles. The maximum atomic E-state index is 12.4. The molecule has 31 heavy (non-hydrogen) atoms. The highest BCUT2D eigenvalue weighted by Crippen LogP contribution is 2.31. The minimum Gasteiger partial charge on any atom is -0.496 e. The Hall–Kier alpha value is -3.03. The van der Waals surface area contributed by atoms with E-state index in [4.69, 9.17) is 16.3 Å². The maximum absolute atomic E-state index is 12.4. The summed E-state index contributed by atoms with van der Waals surface area (Å²) in [4.78, 5) is 27.6. The van der Waals surface area contributed by atoms with Gasteiger partial charge in [0.1, 0.15) is 5.75 Å². The molecule has 1 N–H and O–H groups in total. The van der Waals surface area contributed by atoms with Gasteiger partial charge >= 0.3 is 0 Å². The van der Waals surface area contributed by atoms with Crippen molar-refractivity contribution in [1.82, 2.24) is 19.9 Å². The molecule has 3 aromatic rings. The summed E-state index contributed by atoms with van der Waals surface area (Å²) in [5.41, 5.74) is 2.23. The number of hydrogen-bond acceptors (Lipinski definition) is 7. The van der Waals surface area contributed by atoms with E-state index in [0.29, 0.717) is 28.8 Å². The number of hydrogen-bond donors (Lipinski definition) is 1. The molecule has 4 rings (SSSR count). The SMILES string of the molecule is COc1ccc(Cl)cc1-c1ccnc(NC2CCN(CC(=O)c3cccnc3)CC2)n1. The van der Waals surface area contributed by atoms with Gasteiger partial charge in [-0.1, -0.05) is 11.6 Å². The molecule has 8 heteroatoms. The fraction of sp³-hybridized carbons (Fsp3) is 0.304. The van der Waals surface area contributed by atoms with E-state index in [1.165, 1.54) is 0 Å². The van der Waals surface area contributed by atoms with Crippen LogP contribution in [0.4, 0.5) is 5.95 Å². The number of pyridine rings is 1.